The lowest BCUT2D eigenvalue weighted by molar-refractivity contribution is 0.222. The van der Waals surface area contributed by atoms with Crippen LogP contribution in [0.3, 0.4) is 0 Å². The summed E-state index contributed by atoms with van der Waals surface area (Å²) in [5, 5.41) is 0. The molecule has 118 valence electrons. The minimum atomic E-state index is 0.00910. The summed E-state index contributed by atoms with van der Waals surface area (Å²) in [6.07, 6.45) is 3.51. The highest BCUT2D eigenvalue weighted by molar-refractivity contribution is 5.39. The van der Waals surface area contributed by atoms with Crippen LogP contribution < -0.4 is 20.9 Å². The predicted molar refractivity (Wildman–Crippen MR) is 83.2 cm³/mol. The fraction of sp³-hybridized carbons (Fsp3) is 0.786. The second kappa shape index (κ2) is 6.43. The maximum atomic E-state index is 5.58. The number of nitrogens with one attached hydrogen (secondary N) is 1. The van der Waals surface area contributed by atoms with Gasteiger partial charge in [-0.15, -0.1) is 0 Å². The minimum absolute atomic E-state index is 0.00910. The van der Waals surface area contributed by atoms with E-state index >= 15 is 0 Å². The Hall–Kier alpha value is -1.63. The quantitative estimate of drug-likeness (QED) is 0.612. The van der Waals surface area contributed by atoms with Crippen LogP contribution in [0.2, 0.25) is 0 Å². The second-order valence-corrected chi connectivity index (χ2v) is 5.93. The Balaban J connectivity index is 2.23. The van der Waals surface area contributed by atoms with Crippen LogP contribution in [0.25, 0.3) is 0 Å². The lowest BCUT2D eigenvalue weighted by Crippen LogP contribution is -2.28. The zero-order chi connectivity index (χ0) is 15.5. The fourth-order valence-corrected chi connectivity index (χ4v) is 2.75. The molecule has 2 heterocycles. The summed E-state index contributed by atoms with van der Waals surface area (Å²) in [5.41, 5.74) is 2.85. The summed E-state index contributed by atoms with van der Waals surface area (Å²) >= 11 is 0. The van der Waals surface area contributed by atoms with E-state index < -0.39 is 0 Å². The van der Waals surface area contributed by atoms with Gasteiger partial charge in [0, 0.05) is 13.1 Å². The lowest BCUT2D eigenvalue weighted by Gasteiger charge is -2.26. The molecule has 7 heteroatoms. The van der Waals surface area contributed by atoms with Crippen molar-refractivity contribution >= 4 is 11.9 Å². The van der Waals surface area contributed by atoms with Gasteiger partial charge in [-0.1, -0.05) is 13.8 Å². The summed E-state index contributed by atoms with van der Waals surface area (Å²) in [7, 11) is 0. The summed E-state index contributed by atoms with van der Waals surface area (Å²) in [4.78, 5) is 15.1. The van der Waals surface area contributed by atoms with Gasteiger partial charge in [0.2, 0.25) is 11.9 Å². The van der Waals surface area contributed by atoms with E-state index in [2.05, 4.69) is 39.1 Å². The molecular weight excluding hydrogens is 268 g/mol. The van der Waals surface area contributed by atoms with E-state index in [0.29, 0.717) is 23.3 Å². The van der Waals surface area contributed by atoms with Crippen molar-refractivity contribution in [2.24, 2.45) is 11.3 Å². The standard InChI is InChI=1S/C14H26N6O/c1-5-14(6-2)7-8-20(9-14)12-16-11(19-15)17-13(18-12)21-10(3)4/h10H,5-9,15H2,1-4H3,(H,16,17,18,19). The number of ether oxygens (including phenoxy) is 1. The molecule has 1 aliphatic heterocycles. The largest absolute Gasteiger partial charge is 0.461 e. The number of aromatic nitrogens is 3. The van der Waals surface area contributed by atoms with Crippen LogP contribution in [0.15, 0.2) is 0 Å². The van der Waals surface area contributed by atoms with Gasteiger partial charge in [-0.25, -0.2) is 5.84 Å². The van der Waals surface area contributed by atoms with Gasteiger partial charge in [-0.05, 0) is 38.5 Å². The van der Waals surface area contributed by atoms with Crippen molar-refractivity contribution in [3.8, 4) is 6.01 Å². The molecule has 0 aliphatic carbocycles. The number of nitrogens with zero attached hydrogens (tertiary/aromatic N) is 4. The number of nitrogens with two attached hydrogens (primary N) is 1. The topological polar surface area (TPSA) is 89.2 Å². The van der Waals surface area contributed by atoms with Gasteiger partial charge < -0.3 is 9.64 Å². The third-order valence-electron chi connectivity index (χ3n) is 4.29. The SMILES string of the molecule is CCC1(CC)CCN(c2nc(NN)nc(OC(C)C)n2)C1. The van der Waals surface area contributed by atoms with Gasteiger partial charge in [0.25, 0.3) is 0 Å². The summed E-state index contributed by atoms with van der Waals surface area (Å²) in [6, 6.07) is 0.313. The zero-order valence-electron chi connectivity index (χ0n) is 13.4. The average molecular weight is 294 g/mol. The Bertz CT molecular complexity index is 475. The average Bonchev–Trinajstić information content (AvgIpc) is 2.91. The highest BCUT2D eigenvalue weighted by Crippen LogP contribution is 2.38. The van der Waals surface area contributed by atoms with Crippen LogP contribution in [0.5, 0.6) is 6.01 Å². The fourth-order valence-electron chi connectivity index (χ4n) is 2.75. The summed E-state index contributed by atoms with van der Waals surface area (Å²) < 4.78 is 5.58. The van der Waals surface area contributed by atoms with Gasteiger partial charge in [-0.3, -0.25) is 5.43 Å². The molecule has 0 amide bonds. The highest BCUT2D eigenvalue weighted by Gasteiger charge is 2.36. The maximum absolute atomic E-state index is 5.58. The van der Waals surface area contributed by atoms with E-state index in [4.69, 9.17) is 10.6 Å². The minimum Gasteiger partial charge on any atom is -0.461 e. The maximum Gasteiger partial charge on any atom is 0.323 e. The normalized spacial score (nSPS) is 17.3. The number of rotatable bonds is 6. The van der Waals surface area contributed by atoms with Crippen molar-refractivity contribution in [1.29, 1.82) is 0 Å². The van der Waals surface area contributed by atoms with Crippen LogP contribution in [0.1, 0.15) is 47.0 Å². The van der Waals surface area contributed by atoms with E-state index in [0.717, 1.165) is 19.5 Å². The number of nitrogen functional groups attached to an aromatic ring is 1. The Morgan fingerprint density at radius 3 is 2.52 bits per heavy atom. The molecule has 2 rings (SSSR count). The lowest BCUT2D eigenvalue weighted by atomic mass is 9.82. The van der Waals surface area contributed by atoms with Gasteiger partial charge in [0.1, 0.15) is 0 Å². The molecule has 3 N–H and O–H groups in total. The van der Waals surface area contributed by atoms with Gasteiger partial charge in [0.15, 0.2) is 0 Å². The molecule has 1 fully saturated rings. The summed E-state index contributed by atoms with van der Waals surface area (Å²) in [5.74, 6) is 6.42. The van der Waals surface area contributed by atoms with Crippen LogP contribution in [-0.4, -0.2) is 34.1 Å². The first-order chi connectivity index (χ1) is 10.0. The predicted octanol–water partition coefficient (Wildman–Crippen LogP) is 1.96. The van der Waals surface area contributed by atoms with E-state index in [9.17, 15) is 0 Å². The van der Waals surface area contributed by atoms with Crippen molar-refractivity contribution in [2.75, 3.05) is 23.4 Å². The van der Waals surface area contributed by atoms with Crippen molar-refractivity contribution in [1.82, 2.24) is 15.0 Å². The zero-order valence-corrected chi connectivity index (χ0v) is 13.4. The first-order valence-electron chi connectivity index (χ1n) is 7.66. The number of hydrogen-bond donors (Lipinski definition) is 2. The smallest absolute Gasteiger partial charge is 0.323 e. The third-order valence-corrected chi connectivity index (χ3v) is 4.29. The number of anilines is 2. The van der Waals surface area contributed by atoms with E-state index in [1.54, 1.807) is 0 Å². The van der Waals surface area contributed by atoms with Gasteiger partial charge in [0.05, 0.1) is 6.10 Å². The molecule has 1 aromatic rings. The van der Waals surface area contributed by atoms with Crippen LogP contribution in [0.4, 0.5) is 11.9 Å². The molecular formula is C14H26N6O. The number of hydrazine groups is 1. The molecule has 0 spiro atoms. The van der Waals surface area contributed by atoms with Crippen molar-refractivity contribution in [3.63, 3.8) is 0 Å². The van der Waals surface area contributed by atoms with Crippen LogP contribution >= 0.6 is 0 Å². The van der Waals surface area contributed by atoms with Gasteiger partial charge in [-0.2, -0.15) is 15.0 Å². The molecule has 1 saturated heterocycles. The van der Waals surface area contributed by atoms with Gasteiger partial charge >= 0.3 is 6.01 Å². The number of hydrogen-bond acceptors (Lipinski definition) is 7. The molecule has 0 aromatic carbocycles. The monoisotopic (exact) mass is 294 g/mol. The van der Waals surface area contributed by atoms with E-state index in [1.807, 2.05) is 13.8 Å². The Morgan fingerprint density at radius 1 is 1.29 bits per heavy atom. The molecule has 7 nitrogen and oxygen atoms in total. The third kappa shape index (κ3) is 3.53. The molecule has 0 unspecified atom stereocenters. The van der Waals surface area contributed by atoms with Crippen molar-refractivity contribution in [3.05, 3.63) is 0 Å². The van der Waals surface area contributed by atoms with Crippen LogP contribution in [0, 0.1) is 5.41 Å². The molecule has 0 atom stereocenters. The molecule has 0 saturated carbocycles. The molecule has 0 radical (unpaired) electrons. The Kier molecular flexibility index (Phi) is 4.82. The molecule has 1 aliphatic rings. The Labute approximate surface area is 126 Å². The molecule has 1 aromatic heterocycles. The Morgan fingerprint density at radius 2 is 2.00 bits per heavy atom. The van der Waals surface area contributed by atoms with Crippen LogP contribution in [-0.2, 0) is 0 Å². The highest BCUT2D eigenvalue weighted by atomic mass is 16.5. The van der Waals surface area contributed by atoms with Crippen molar-refractivity contribution in [2.45, 2.75) is 53.1 Å². The first-order valence-corrected chi connectivity index (χ1v) is 7.66. The van der Waals surface area contributed by atoms with E-state index in [1.165, 1.54) is 12.8 Å². The second-order valence-electron chi connectivity index (χ2n) is 5.93. The molecule has 0 bridgehead atoms. The first kappa shape index (κ1) is 15.8. The van der Waals surface area contributed by atoms with E-state index in [-0.39, 0.29) is 6.10 Å². The summed E-state index contributed by atoms with van der Waals surface area (Å²) in [6.45, 7) is 10.3. The van der Waals surface area contributed by atoms with Crippen molar-refractivity contribution < 1.29 is 4.74 Å². The molecule has 21 heavy (non-hydrogen) atoms.